The Kier molecular flexibility index (Phi) is 4.80. The van der Waals surface area contributed by atoms with Crippen LogP contribution >= 0.6 is 0 Å². The van der Waals surface area contributed by atoms with Gasteiger partial charge in [-0.2, -0.15) is 0 Å². The maximum atomic E-state index is 6.62. The minimum atomic E-state index is 0.758. The second-order valence-corrected chi connectivity index (χ2v) is 10.3. The van der Waals surface area contributed by atoms with Gasteiger partial charge in [0.05, 0.1) is 45.0 Å². The fraction of sp³-hybridized carbons (Fsp3) is 0. The molecule has 0 saturated carbocycles. The smallest absolute Gasteiger partial charge is 0.160 e. The molecule has 42 heavy (non-hydrogen) atoms. The van der Waals surface area contributed by atoms with Crippen LogP contribution in [-0.4, -0.2) is 24.5 Å². The van der Waals surface area contributed by atoms with Crippen molar-refractivity contribution in [1.82, 2.24) is 24.5 Å². The summed E-state index contributed by atoms with van der Waals surface area (Å²) < 4.78 is 8.90. The van der Waals surface area contributed by atoms with E-state index in [1.165, 1.54) is 0 Å². The molecule has 6 nitrogen and oxygen atoms in total. The molecule has 6 aromatic heterocycles. The Balaban J connectivity index is 1.49. The summed E-state index contributed by atoms with van der Waals surface area (Å²) in [6.45, 7) is 0. The number of hydrogen-bond acceptors (Lipinski definition) is 5. The van der Waals surface area contributed by atoms with E-state index in [1.807, 2.05) is 60.8 Å². The van der Waals surface area contributed by atoms with Crippen molar-refractivity contribution < 1.29 is 4.42 Å². The van der Waals surface area contributed by atoms with Crippen LogP contribution in [-0.2, 0) is 0 Å². The first-order valence-corrected chi connectivity index (χ1v) is 13.8. The first-order chi connectivity index (χ1) is 20.8. The molecule has 0 saturated heterocycles. The molecule has 6 heteroatoms. The fourth-order valence-corrected chi connectivity index (χ4v) is 6.09. The molecule has 196 valence electrons. The van der Waals surface area contributed by atoms with Crippen molar-refractivity contribution in [2.75, 3.05) is 0 Å². The molecule has 0 spiro atoms. The second-order valence-electron chi connectivity index (χ2n) is 10.3. The summed E-state index contributed by atoms with van der Waals surface area (Å²) in [5.74, 6) is 0. The van der Waals surface area contributed by atoms with Crippen LogP contribution in [0.3, 0.4) is 0 Å². The minimum Gasteiger partial charge on any atom is -0.454 e. The number of para-hydroxylation sites is 1. The van der Waals surface area contributed by atoms with Gasteiger partial charge in [0.2, 0.25) is 0 Å². The SMILES string of the molecule is c1ccc(-c2cc(-n3c4c(ccc5cccnc54)c4ccc5c6ccccc6oc5c43)cc(-c3ccccn3)n2)nc1. The van der Waals surface area contributed by atoms with E-state index in [0.29, 0.717) is 0 Å². The quantitative estimate of drug-likeness (QED) is 0.224. The average Bonchev–Trinajstić information content (AvgIpc) is 3.62. The van der Waals surface area contributed by atoms with E-state index in [-0.39, 0.29) is 0 Å². The Bertz CT molecular complexity index is 2400. The Morgan fingerprint density at radius 3 is 1.93 bits per heavy atom. The summed E-state index contributed by atoms with van der Waals surface area (Å²) in [7, 11) is 0. The highest BCUT2D eigenvalue weighted by atomic mass is 16.3. The summed E-state index contributed by atoms with van der Waals surface area (Å²) in [6, 6.07) is 36.9. The van der Waals surface area contributed by atoms with Gasteiger partial charge in [-0.1, -0.05) is 54.6 Å². The monoisotopic (exact) mass is 539 g/mol. The molecule has 0 amide bonds. The van der Waals surface area contributed by atoms with Gasteiger partial charge in [0, 0.05) is 45.5 Å². The van der Waals surface area contributed by atoms with E-state index in [1.54, 1.807) is 12.4 Å². The number of nitrogens with zero attached hydrogens (tertiary/aromatic N) is 5. The molecule has 0 radical (unpaired) electrons. The molecule has 0 unspecified atom stereocenters. The first kappa shape index (κ1) is 22.9. The molecule has 3 aromatic carbocycles. The maximum absolute atomic E-state index is 6.62. The lowest BCUT2D eigenvalue weighted by Gasteiger charge is -2.13. The van der Waals surface area contributed by atoms with Crippen molar-refractivity contribution in [3.8, 4) is 28.5 Å². The third kappa shape index (κ3) is 3.32. The zero-order valence-electron chi connectivity index (χ0n) is 22.3. The summed E-state index contributed by atoms with van der Waals surface area (Å²) >= 11 is 0. The predicted octanol–water partition coefficient (Wildman–Crippen LogP) is 8.75. The van der Waals surface area contributed by atoms with Gasteiger partial charge in [0.15, 0.2) is 5.58 Å². The third-order valence-electron chi connectivity index (χ3n) is 7.93. The molecule has 0 aliphatic heterocycles. The first-order valence-electron chi connectivity index (χ1n) is 13.8. The summed E-state index contributed by atoms with van der Waals surface area (Å²) in [6.07, 6.45) is 5.44. The maximum Gasteiger partial charge on any atom is 0.160 e. The molecule has 0 N–H and O–H groups in total. The highest BCUT2D eigenvalue weighted by Crippen LogP contribution is 2.42. The molecule has 0 aliphatic carbocycles. The lowest BCUT2D eigenvalue weighted by atomic mass is 10.1. The lowest BCUT2D eigenvalue weighted by Crippen LogP contribution is -2.00. The van der Waals surface area contributed by atoms with Crippen molar-refractivity contribution in [2.45, 2.75) is 0 Å². The van der Waals surface area contributed by atoms with Crippen molar-refractivity contribution in [1.29, 1.82) is 0 Å². The lowest BCUT2D eigenvalue weighted by molar-refractivity contribution is 0.671. The summed E-state index contributed by atoms with van der Waals surface area (Å²) in [5.41, 5.74) is 8.64. The molecule has 0 atom stereocenters. The number of hydrogen-bond donors (Lipinski definition) is 0. The van der Waals surface area contributed by atoms with Crippen LogP contribution in [0.1, 0.15) is 0 Å². The second kappa shape index (κ2) is 8.81. The molecule has 9 rings (SSSR count). The number of rotatable bonds is 3. The van der Waals surface area contributed by atoms with Crippen LogP contribution in [0, 0.1) is 0 Å². The Morgan fingerprint density at radius 2 is 1.17 bits per heavy atom. The fourth-order valence-electron chi connectivity index (χ4n) is 6.09. The van der Waals surface area contributed by atoms with E-state index in [0.717, 1.165) is 83.1 Å². The highest BCUT2D eigenvalue weighted by molar-refractivity contribution is 6.24. The van der Waals surface area contributed by atoms with E-state index in [2.05, 4.69) is 69.1 Å². The van der Waals surface area contributed by atoms with Crippen LogP contribution in [0.5, 0.6) is 0 Å². The van der Waals surface area contributed by atoms with E-state index < -0.39 is 0 Å². The summed E-state index contributed by atoms with van der Waals surface area (Å²) in [4.78, 5) is 19.2. The standard InChI is InChI=1S/C36H21N5O/c1-2-12-32-24(9-1)27-16-15-26-25-14-13-22-8-7-19-39-33(22)34(25)41(35(26)36(27)42-32)23-20-30(28-10-3-5-17-37-28)40-31(21-23)29-11-4-6-18-38-29/h1-21H. The molecular formula is C36H21N5O. The van der Waals surface area contributed by atoms with Crippen molar-refractivity contribution >= 4 is 54.6 Å². The van der Waals surface area contributed by atoms with E-state index in [4.69, 9.17) is 14.4 Å². The third-order valence-corrected chi connectivity index (χ3v) is 7.93. The molecule has 6 heterocycles. The van der Waals surface area contributed by atoms with Crippen LogP contribution in [0.2, 0.25) is 0 Å². The topological polar surface area (TPSA) is 69.6 Å². The molecule has 0 bridgehead atoms. The van der Waals surface area contributed by atoms with Crippen LogP contribution in [0.25, 0.3) is 83.1 Å². The number of benzene rings is 3. The molecular weight excluding hydrogens is 518 g/mol. The van der Waals surface area contributed by atoms with Gasteiger partial charge >= 0.3 is 0 Å². The minimum absolute atomic E-state index is 0.758. The predicted molar refractivity (Wildman–Crippen MR) is 168 cm³/mol. The van der Waals surface area contributed by atoms with Gasteiger partial charge in [0.25, 0.3) is 0 Å². The van der Waals surface area contributed by atoms with Gasteiger partial charge in [-0.05, 0) is 54.6 Å². The van der Waals surface area contributed by atoms with Crippen molar-refractivity contribution in [3.63, 3.8) is 0 Å². The molecule has 0 aliphatic rings. The van der Waals surface area contributed by atoms with Gasteiger partial charge < -0.3 is 8.98 Å². The number of furan rings is 1. The number of pyridine rings is 4. The zero-order chi connectivity index (χ0) is 27.6. The van der Waals surface area contributed by atoms with Crippen LogP contribution < -0.4 is 0 Å². The van der Waals surface area contributed by atoms with Crippen molar-refractivity contribution in [3.05, 3.63) is 128 Å². The van der Waals surface area contributed by atoms with Gasteiger partial charge in [-0.15, -0.1) is 0 Å². The van der Waals surface area contributed by atoms with Crippen molar-refractivity contribution in [2.24, 2.45) is 0 Å². The Hall–Kier alpha value is -5.88. The van der Waals surface area contributed by atoms with E-state index >= 15 is 0 Å². The van der Waals surface area contributed by atoms with Crippen LogP contribution in [0.15, 0.2) is 132 Å². The van der Waals surface area contributed by atoms with Gasteiger partial charge in [-0.25, -0.2) is 4.98 Å². The molecule has 0 fully saturated rings. The Labute approximate surface area is 239 Å². The van der Waals surface area contributed by atoms with Crippen LogP contribution in [0.4, 0.5) is 0 Å². The van der Waals surface area contributed by atoms with Gasteiger partial charge in [-0.3, -0.25) is 15.0 Å². The Morgan fingerprint density at radius 1 is 0.500 bits per heavy atom. The zero-order valence-corrected chi connectivity index (χ0v) is 22.3. The highest BCUT2D eigenvalue weighted by Gasteiger charge is 2.22. The van der Waals surface area contributed by atoms with Gasteiger partial charge in [0.1, 0.15) is 5.58 Å². The molecule has 9 aromatic rings. The summed E-state index contributed by atoms with van der Waals surface area (Å²) in [5, 5.41) is 5.43. The number of aromatic nitrogens is 5. The largest absolute Gasteiger partial charge is 0.454 e. The average molecular weight is 540 g/mol. The normalized spacial score (nSPS) is 11.8. The number of fused-ring (bicyclic) bond motifs is 9. The van der Waals surface area contributed by atoms with E-state index in [9.17, 15) is 0 Å².